The van der Waals surface area contributed by atoms with Crippen molar-refractivity contribution in [3.8, 4) is 0 Å². The first-order valence-corrected chi connectivity index (χ1v) is 7.52. The van der Waals surface area contributed by atoms with Crippen molar-refractivity contribution in [2.24, 2.45) is 11.1 Å². The molecule has 114 valence electrons. The molecular weight excluding hydrogens is 271 g/mol. The molecule has 1 heterocycles. The molecule has 1 unspecified atom stereocenters. The van der Waals surface area contributed by atoms with E-state index in [1.165, 1.54) is 6.07 Å². The highest BCUT2D eigenvalue weighted by Crippen LogP contribution is 2.35. The standard InChI is InChI=1S/C16H21FN2O2/c17-12-2-3-13-11(9-12)1-4-14(13)19-15(20)16(10-18)5-7-21-8-6-16/h2-3,9,14H,1,4-8,10,18H2,(H,19,20). The van der Waals surface area contributed by atoms with E-state index in [4.69, 9.17) is 10.5 Å². The second-order valence-corrected chi connectivity index (χ2v) is 6.00. The molecule has 1 aliphatic heterocycles. The monoisotopic (exact) mass is 292 g/mol. The first-order chi connectivity index (χ1) is 10.1. The van der Waals surface area contributed by atoms with Crippen molar-refractivity contribution in [3.05, 3.63) is 35.1 Å². The summed E-state index contributed by atoms with van der Waals surface area (Å²) in [6.45, 7) is 1.50. The molecular formula is C16H21FN2O2. The largest absolute Gasteiger partial charge is 0.381 e. The summed E-state index contributed by atoms with van der Waals surface area (Å²) in [5.41, 5.74) is 7.38. The zero-order valence-corrected chi connectivity index (χ0v) is 12.0. The lowest BCUT2D eigenvalue weighted by Gasteiger charge is -2.35. The SMILES string of the molecule is NCC1(C(=O)NC2CCc3cc(F)ccc32)CCOCC1. The first kappa shape index (κ1) is 14.5. The molecule has 1 aromatic carbocycles. The van der Waals surface area contributed by atoms with Gasteiger partial charge in [0.2, 0.25) is 5.91 Å². The van der Waals surface area contributed by atoms with E-state index in [1.807, 2.05) is 0 Å². The van der Waals surface area contributed by atoms with Crippen LogP contribution in [0.3, 0.4) is 0 Å². The Morgan fingerprint density at radius 3 is 2.90 bits per heavy atom. The summed E-state index contributed by atoms with van der Waals surface area (Å²) in [4.78, 5) is 12.7. The van der Waals surface area contributed by atoms with E-state index >= 15 is 0 Å². The Hall–Kier alpha value is -1.46. The van der Waals surface area contributed by atoms with Gasteiger partial charge in [0, 0.05) is 19.8 Å². The van der Waals surface area contributed by atoms with E-state index in [9.17, 15) is 9.18 Å². The number of nitrogens with one attached hydrogen (secondary N) is 1. The fraction of sp³-hybridized carbons (Fsp3) is 0.562. The Kier molecular flexibility index (Phi) is 3.95. The molecule has 1 saturated heterocycles. The van der Waals surface area contributed by atoms with Crippen LogP contribution < -0.4 is 11.1 Å². The topological polar surface area (TPSA) is 64.4 Å². The number of ether oxygens (including phenoxy) is 1. The summed E-state index contributed by atoms with van der Waals surface area (Å²) >= 11 is 0. The molecule has 0 radical (unpaired) electrons. The molecule has 2 aliphatic rings. The number of nitrogens with two attached hydrogens (primary N) is 1. The maximum absolute atomic E-state index is 13.2. The highest BCUT2D eigenvalue weighted by atomic mass is 19.1. The number of amides is 1. The smallest absolute Gasteiger partial charge is 0.228 e. The van der Waals surface area contributed by atoms with Gasteiger partial charge in [0.05, 0.1) is 11.5 Å². The summed E-state index contributed by atoms with van der Waals surface area (Å²) in [6, 6.07) is 4.77. The average Bonchev–Trinajstić information content (AvgIpc) is 2.90. The van der Waals surface area contributed by atoms with Gasteiger partial charge in [-0.3, -0.25) is 4.79 Å². The number of hydrogen-bond donors (Lipinski definition) is 2. The van der Waals surface area contributed by atoms with Gasteiger partial charge < -0.3 is 15.8 Å². The van der Waals surface area contributed by atoms with Crippen LogP contribution >= 0.6 is 0 Å². The highest BCUT2D eigenvalue weighted by molar-refractivity contribution is 5.83. The minimum absolute atomic E-state index is 0.00970. The van der Waals surface area contributed by atoms with Gasteiger partial charge in [-0.2, -0.15) is 0 Å². The van der Waals surface area contributed by atoms with Gasteiger partial charge in [0.1, 0.15) is 5.82 Å². The van der Waals surface area contributed by atoms with Crippen molar-refractivity contribution in [1.82, 2.24) is 5.32 Å². The lowest BCUT2D eigenvalue weighted by Crippen LogP contribution is -2.49. The highest BCUT2D eigenvalue weighted by Gasteiger charge is 2.40. The van der Waals surface area contributed by atoms with Gasteiger partial charge in [-0.05, 0) is 48.9 Å². The van der Waals surface area contributed by atoms with Crippen LogP contribution in [0.4, 0.5) is 4.39 Å². The lowest BCUT2D eigenvalue weighted by molar-refractivity contribution is -0.136. The molecule has 0 aromatic heterocycles. The summed E-state index contributed by atoms with van der Waals surface area (Å²) in [5, 5.41) is 3.12. The van der Waals surface area contributed by atoms with Crippen molar-refractivity contribution in [2.75, 3.05) is 19.8 Å². The predicted molar refractivity (Wildman–Crippen MR) is 77.1 cm³/mol. The number of carbonyl (C=O) groups excluding carboxylic acids is 1. The Morgan fingerprint density at radius 2 is 2.19 bits per heavy atom. The summed E-state index contributed by atoms with van der Waals surface area (Å²) < 4.78 is 18.6. The van der Waals surface area contributed by atoms with Crippen LogP contribution in [0.15, 0.2) is 18.2 Å². The van der Waals surface area contributed by atoms with Gasteiger partial charge in [0.15, 0.2) is 0 Å². The van der Waals surface area contributed by atoms with E-state index in [0.29, 0.717) is 32.6 Å². The number of rotatable bonds is 3. The van der Waals surface area contributed by atoms with Gasteiger partial charge >= 0.3 is 0 Å². The molecule has 0 bridgehead atoms. The molecule has 5 heteroatoms. The number of aryl methyl sites for hydroxylation is 1. The van der Waals surface area contributed by atoms with Crippen LogP contribution in [0.1, 0.15) is 36.4 Å². The molecule has 1 aromatic rings. The molecule has 4 nitrogen and oxygen atoms in total. The number of fused-ring (bicyclic) bond motifs is 1. The number of halogens is 1. The fourth-order valence-corrected chi connectivity index (χ4v) is 3.33. The summed E-state index contributed by atoms with van der Waals surface area (Å²) in [7, 11) is 0. The Balaban J connectivity index is 1.74. The number of benzene rings is 1. The molecule has 3 N–H and O–H groups in total. The minimum atomic E-state index is -0.513. The lowest BCUT2D eigenvalue weighted by atomic mass is 9.79. The van der Waals surface area contributed by atoms with Crippen molar-refractivity contribution in [3.63, 3.8) is 0 Å². The summed E-state index contributed by atoms with van der Waals surface area (Å²) in [5.74, 6) is -0.209. The number of carbonyl (C=O) groups is 1. The summed E-state index contributed by atoms with van der Waals surface area (Å²) in [6.07, 6.45) is 2.95. The molecule has 0 saturated carbocycles. The van der Waals surface area contributed by atoms with Crippen LogP contribution in [-0.4, -0.2) is 25.7 Å². The predicted octanol–water partition coefficient (Wildman–Crippen LogP) is 1.68. The Morgan fingerprint density at radius 1 is 1.43 bits per heavy atom. The van der Waals surface area contributed by atoms with E-state index < -0.39 is 5.41 Å². The normalized spacial score (nSPS) is 23.6. The third-order valence-electron chi connectivity index (χ3n) is 4.81. The van der Waals surface area contributed by atoms with Gasteiger partial charge in [-0.15, -0.1) is 0 Å². The second-order valence-electron chi connectivity index (χ2n) is 6.00. The Bertz CT molecular complexity index is 541. The van der Waals surface area contributed by atoms with Crippen molar-refractivity contribution in [2.45, 2.75) is 31.7 Å². The van der Waals surface area contributed by atoms with Gasteiger partial charge in [0.25, 0.3) is 0 Å². The maximum Gasteiger partial charge on any atom is 0.228 e. The zero-order valence-electron chi connectivity index (χ0n) is 12.0. The molecule has 1 atom stereocenters. The molecule has 3 rings (SSSR count). The van der Waals surface area contributed by atoms with Crippen molar-refractivity contribution in [1.29, 1.82) is 0 Å². The third-order valence-corrected chi connectivity index (χ3v) is 4.81. The van der Waals surface area contributed by atoms with Crippen molar-refractivity contribution < 1.29 is 13.9 Å². The minimum Gasteiger partial charge on any atom is -0.381 e. The first-order valence-electron chi connectivity index (χ1n) is 7.52. The van der Waals surface area contributed by atoms with Crippen LogP contribution in [-0.2, 0) is 16.0 Å². The molecule has 1 amide bonds. The van der Waals surface area contributed by atoms with Gasteiger partial charge in [-0.25, -0.2) is 4.39 Å². The molecule has 21 heavy (non-hydrogen) atoms. The quantitative estimate of drug-likeness (QED) is 0.891. The van der Waals surface area contributed by atoms with E-state index in [1.54, 1.807) is 12.1 Å². The van der Waals surface area contributed by atoms with Crippen LogP contribution in [0, 0.1) is 11.2 Å². The Labute approximate surface area is 123 Å². The van der Waals surface area contributed by atoms with Crippen molar-refractivity contribution >= 4 is 5.91 Å². The van der Waals surface area contributed by atoms with E-state index in [0.717, 1.165) is 24.0 Å². The molecule has 1 fully saturated rings. The zero-order chi connectivity index (χ0) is 14.9. The second kappa shape index (κ2) is 5.73. The van der Waals surface area contributed by atoms with Crippen LogP contribution in [0.2, 0.25) is 0 Å². The van der Waals surface area contributed by atoms with Crippen LogP contribution in [0.25, 0.3) is 0 Å². The van der Waals surface area contributed by atoms with E-state index in [2.05, 4.69) is 5.32 Å². The molecule has 0 spiro atoms. The third kappa shape index (κ3) is 2.68. The fourth-order valence-electron chi connectivity index (χ4n) is 3.33. The van der Waals surface area contributed by atoms with Crippen LogP contribution in [0.5, 0.6) is 0 Å². The maximum atomic E-state index is 13.2. The molecule has 1 aliphatic carbocycles. The number of hydrogen-bond acceptors (Lipinski definition) is 3. The van der Waals surface area contributed by atoms with Gasteiger partial charge in [-0.1, -0.05) is 6.07 Å². The van der Waals surface area contributed by atoms with E-state index in [-0.39, 0.29) is 17.8 Å². The average molecular weight is 292 g/mol.